The predicted molar refractivity (Wildman–Crippen MR) is 84.4 cm³/mol. The molecule has 21 heavy (non-hydrogen) atoms. The molecule has 0 atom stereocenters. The van der Waals surface area contributed by atoms with Gasteiger partial charge in [-0.2, -0.15) is 5.10 Å². The van der Waals surface area contributed by atoms with Crippen LogP contribution in [0.15, 0.2) is 60.8 Å². The van der Waals surface area contributed by atoms with Crippen LogP contribution < -0.4 is 4.74 Å². The molecule has 0 N–H and O–H groups in total. The molecule has 106 valence electrons. The van der Waals surface area contributed by atoms with Gasteiger partial charge in [0.2, 0.25) is 0 Å². The molecule has 3 aromatic rings. The van der Waals surface area contributed by atoms with E-state index >= 15 is 0 Å². The highest BCUT2D eigenvalue weighted by Gasteiger charge is 2.12. The Bertz CT molecular complexity index is 720. The SMILES string of the molecule is Cn1ncc(OCc2ccccc2)c1-c1ccc(Cl)cc1. The maximum Gasteiger partial charge on any atom is 0.165 e. The van der Waals surface area contributed by atoms with Crippen LogP contribution in [0.2, 0.25) is 5.02 Å². The molecular formula is C17H15ClN2O. The van der Waals surface area contributed by atoms with Gasteiger partial charge in [-0.1, -0.05) is 54.1 Å². The molecule has 4 heteroatoms. The molecule has 0 amide bonds. The summed E-state index contributed by atoms with van der Waals surface area (Å²) in [6.45, 7) is 0.521. The Labute approximate surface area is 128 Å². The highest BCUT2D eigenvalue weighted by atomic mass is 35.5. The molecule has 0 radical (unpaired) electrons. The second-order valence-electron chi connectivity index (χ2n) is 4.76. The van der Waals surface area contributed by atoms with Crippen molar-refractivity contribution in [1.82, 2.24) is 9.78 Å². The monoisotopic (exact) mass is 298 g/mol. The van der Waals surface area contributed by atoms with Crippen LogP contribution >= 0.6 is 11.6 Å². The van der Waals surface area contributed by atoms with Gasteiger partial charge in [-0.3, -0.25) is 4.68 Å². The van der Waals surface area contributed by atoms with Crippen LogP contribution in [0.1, 0.15) is 5.56 Å². The summed E-state index contributed by atoms with van der Waals surface area (Å²) in [5, 5.41) is 5.00. The summed E-state index contributed by atoms with van der Waals surface area (Å²) in [7, 11) is 1.90. The molecule has 3 nitrogen and oxygen atoms in total. The Morgan fingerprint density at radius 3 is 2.48 bits per heavy atom. The summed E-state index contributed by atoms with van der Waals surface area (Å²) in [6, 6.07) is 17.7. The first-order chi connectivity index (χ1) is 10.2. The fourth-order valence-electron chi connectivity index (χ4n) is 2.20. The molecular weight excluding hydrogens is 284 g/mol. The van der Waals surface area contributed by atoms with Gasteiger partial charge in [0.05, 0.1) is 6.20 Å². The van der Waals surface area contributed by atoms with E-state index in [4.69, 9.17) is 16.3 Å². The van der Waals surface area contributed by atoms with Gasteiger partial charge < -0.3 is 4.74 Å². The van der Waals surface area contributed by atoms with Crippen molar-refractivity contribution in [3.05, 3.63) is 71.4 Å². The van der Waals surface area contributed by atoms with Gasteiger partial charge in [0.1, 0.15) is 12.3 Å². The van der Waals surface area contributed by atoms with Crippen molar-refractivity contribution < 1.29 is 4.74 Å². The van der Waals surface area contributed by atoms with Gasteiger partial charge in [0, 0.05) is 17.6 Å². The minimum Gasteiger partial charge on any atom is -0.485 e. The molecule has 0 aliphatic heterocycles. The third-order valence-corrected chi connectivity index (χ3v) is 3.51. The third-order valence-electron chi connectivity index (χ3n) is 3.26. The Morgan fingerprint density at radius 2 is 1.76 bits per heavy atom. The van der Waals surface area contributed by atoms with Crippen molar-refractivity contribution in [3.8, 4) is 17.0 Å². The number of rotatable bonds is 4. The molecule has 0 saturated carbocycles. The largest absolute Gasteiger partial charge is 0.485 e. The van der Waals surface area contributed by atoms with Crippen molar-refractivity contribution in [3.63, 3.8) is 0 Å². The van der Waals surface area contributed by atoms with Gasteiger partial charge in [0.25, 0.3) is 0 Å². The molecule has 0 aliphatic rings. The van der Waals surface area contributed by atoms with Crippen molar-refractivity contribution in [2.24, 2.45) is 7.05 Å². The van der Waals surface area contributed by atoms with Gasteiger partial charge >= 0.3 is 0 Å². The van der Waals surface area contributed by atoms with E-state index in [0.717, 1.165) is 22.6 Å². The smallest absolute Gasteiger partial charge is 0.165 e. The Kier molecular flexibility index (Phi) is 3.93. The molecule has 0 unspecified atom stereocenters. The first kappa shape index (κ1) is 13.7. The van der Waals surface area contributed by atoms with Crippen LogP contribution in [0.4, 0.5) is 0 Å². The summed E-state index contributed by atoms with van der Waals surface area (Å²) >= 11 is 5.94. The van der Waals surface area contributed by atoms with Crippen molar-refractivity contribution in [1.29, 1.82) is 0 Å². The number of aromatic nitrogens is 2. The van der Waals surface area contributed by atoms with Crippen LogP contribution in [0, 0.1) is 0 Å². The summed E-state index contributed by atoms with van der Waals surface area (Å²) in [6.07, 6.45) is 1.74. The van der Waals surface area contributed by atoms with Crippen molar-refractivity contribution in [2.45, 2.75) is 6.61 Å². The van der Waals surface area contributed by atoms with Crippen LogP contribution in [0.25, 0.3) is 11.3 Å². The van der Waals surface area contributed by atoms with Crippen LogP contribution in [-0.4, -0.2) is 9.78 Å². The van der Waals surface area contributed by atoms with Crippen LogP contribution in [0.3, 0.4) is 0 Å². The van der Waals surface area contributed by atoms with Crippen LogP contribution in [-0.2, 0) is 13.7 Å². The number of halogens is 1. The summed E-state index contributed by atoms with van der Waals surface area (Å²) in [5.41, 5.74) is 3.11. The molecule has 0 spiro atoms. The van der Waals surface area contributed by atoms with E-state index in [1.165, 1.54) is 0 Å². The molecule has 0 fully saturated rings. The second kappa shape index (κ2) is 6.02. The Hall–Kier alpha value is -2.26. The molecule has 1 aromatic heterocycles. The Balaban J connectivity index is 1.85. The zero-order valence-corrected chi connectivity index (χ0v) is 12.4. The lowest BCUT2D eigenvalue weighted by molar-refractivity contribution is 0.307. The molecule has 1 heterocycles. The molecule has 0 saturated heterocycles. The van der Waals surface area contributed by atoms with Crippen molar-refractivity contribution >= 4 is 11.6 Å². The molecule has 3 rings (SSSR count). The Morgan fingerprint density at radius 1 is 1.05 bits per heavy atom. The van der Waals surface area contributed by atoms with Gasteiger partial charge in [-0.25, -0.2) is 0 Å². The summed E-state index contributed by atoms with van der Waals surface area (Å²) in [5.74, 6) is 0.767. The highest BCUT2D eigenvalue weighted by Crippen LogP contribution is 2.30. The lowest BCUT2D eigenvalue weighted by Gasteiger charge is -2.09. The normalized spacial score (nSPS) is 10.6. The first-order valence-corrected chi connectivity index (χ1v) is 7.06. The van der Waals surface area contributed by atoms with E-state index in [-0.39, 0.29) is 0 Å². The lowest BCUT2D eigenvalue weighted by Crippen LogP contribution is -1.98. The van der Waals surface area contributed by atoms with E-state index in [0.29, 0.717) is 11.6 Å². The lowest BCUT2D eigenvalue weighted by atomic mass is 10.1. The topological polar surface area (TPSA) is 27.1 Å². The number of aryl methyl sites for hydroxylation is 1. The fraction of sp³-hybridized carbons (Fsp3) is 0.118. The zero-order chi connectivity index (χ0) is 14.7. The maximum atomic E-state index is 5.94. The van der Waals surface area contributed by atoms with Gasteiger partial charge in [-0.05, 0) is 17.7 Å². The first-order valence-electron chi connectivity index (χ1n) is 6.69. The minimum absolute atomic E-state index is 0.521. The van der Waals surface area contributed by atoms with E-state index < -0.39 is 0 Å². The van der Waals surface area contributed by atoms with E-state index in [2.05, 4.69) is 5.10 Å². The molecule has 2 aromatic carbocycles. The quantitative estimate of drug-likeness (QED) is 0.717. The minimum atomic E-state index is 0.521. The summed E-state index contributed by atoms with van der Waals surface area (Å²) < 4.78 is 7.72. The molecule has 0 bridgehead atoms. The molecule has 0 aliphatic carbocycles. The standard InChI is InChI=1S/C17H15ClN2O/c1-20-17(14-7-9-15(18)10-8-14)16(11-19-20)21-12-13-5-3-2-4-6-13/h2-11H,12H2,1H3. The average Bonchev–Trinajstić information content (AvgIpc) is 2.88. The van der Waals surface area contributed by atoms with Gasteiger partial charge in [0.15, 0.2) is 5.75 Å². The van der Waals surface area contributed by atoms with E-state index in [1.54, 1.807) is 6.20 Å². The maximum absolute atomic E-state index is 5.94. The third kappa shape index (κ3) is 3.09. The average molecular weight is 299 g/mol. The number of benzene rings is 2. The van der Waals surface area contributed by atoms with E-state index in [1.807, 2.05) is 66.3 Å². The predicted octanol–water partition coefficient (Wildman–Crippen LogP) is 4.32. The van der Waals surface area contributed by atoms with Crippen molar-refractivity contribution in [2.75, 3.05) is 0 Å². The number of hydrogen-bond acceptors (Lipinski definition) is 2. The van der Waals surface area contributed by atoms with Crippen LogP contribution in [0.5, 0.6) is 5.75 Å². The number of hydrogen-bond donors (Lipinski definition) is 0. The second-order valence-corrected chi connectivity index (χ2v) is 5.20. The summed E-state index contributed by atoms with van der Waals surface area (Å²) in [4.78, 5) is 0. The zero-order valence-electron chi connectivity index (χ0n) is 11.7. The number of nitrogens with zero attached hydrogens (tertiary/aromatic N) is 2. The number of ether oxygens (including phenoxy) is 1. The van der Waals surface area contributed by atoms with E-state index in [9.17, 15) is 0 Å². The fourth-order valence-corrected chi connectivity index (χ4v) is 2.32. The highest BCUT2D eigenvalue weighted by molar-refractivity contribution is 6.30. The van der Waals surface area contributed by atoms with Gasteiger partial charge in [-0.15, -0.1) is 0 Å².